The lowest BCUT2D eigenvalue weighted by atomic mass is 10.1. The van der Waals surface area contributed by atoms with Gasteiger partial charge in [-0.25, -0.2) is 4.68 Å². The molecule has 29 heavy (non-hydrogen) atoms. The molecule has 0 saturated heterocycles. The number of carbonyl (C=O) groups excluding carboxylic acids is 1. The van der Waals surface area contributed by atoms with Gasteiger partial charge in [-0.15, -0.1) is 0 Å². The van der Waals surface area contributed by atoms with E-state index in [1.807, 2.05) is 79.9 Å². The van der Waals surface area contributed by atoms with Crippen molar-refractivity contribution < 1.29 is 4.79 Å². The van der Waals surface area contributed by atoms with Gasteiger partial charge in [0.15, 0.2) is 0 Å². The highest BCUT2D eigenvalue weighted by atomic mass is 16.1. The number of hydrogen-bond acceptors (Lipinski definition) is 3. The van der Waals surface area contributed by atoms with E-state index in [4.69, 9.17) is 5.10 Å². The van der Waals surface area contributed by atoms with Crippen LogP contribution in [0.1, 0.15) is 21.5 Å². The molecule has 0 aliphatic carbocycles. The standard InChI is InChI=1S/C24H22N4O/c1-18-7-5-9-20(15-18)23-22(17-28(27-23)21-10-3-2-4-11-21)24(29)26-14-12-19-8-6-13-25-16-19/h2-11,13,15-17H,12,14H2,1H3,(H,26,29). The molecular weight excluding hydrogens is 360 g/mol. The van der Waals surface area contributed by atoms with Gasteiger partial charge in [-0.2, -0.15) is 5.10 Å². The third kappa shape index (κ3) is 4.41. The Bertz CT molecular complexity index is 1100. The van der Waals surface area contributed by atoms with E-state index in [-0.39, 0.29) is 5.91 Å². The summed E-state index contributed by atoms with van der Waals surface area (Å²) in [6.07, 6.45) is 6.09. The van der Waals surface area contributed by atoms with Gasteiger partial charge >= 0.3 is 0 Å². The molecule has 0 fully saturated rings. The van der Waals surface area contributed by atoms with Crippen molar-refractivity contribution in [2.24, 2.45) is 0 Å². The van der Waals surface area contributed by atoms with Crippen molar-refractivity contribution in [1.82, 2.24) is 20.1 Å². The Kier molecular flexibility index (Phi) is 5.47. The molecule has 2 aromatic heterocycles. The van der Waals surface area contributed by atoms with Crippen LogP contribution < -0.4 is 5.32 Å². The molecule has 1 N–H and O–H groups in total. The molecule has 5 heteroatoms. The molecule has 2 heterocycles. The van der Waals surface area contributed by atoms with Crippen LogP contribution in [0.3, 0.4) is 0 Å². The molecule has 0 aliphatic heterocycles. The second kappa shape index (κ2) is 8.52. The molecule has 4 aromatic rings. The molecule has 0 saturated carbocycles. The minimum absolute atomic E-state index is 0.132. The van der Waals surface area contributed by atoms with E-state index in [1.165, 1.54) is 0 Å². The maximum Gasteiger partial charge on any atom is 0.255 e. The van der Waals surface area contributed by atoms with Crippen LogP contribution in [-0.2, 0) is 6.42 Å². The summed E-state index contributed by atoms with van der Waals surface area (Å²) in [6.45, 7) is 2.57. The molecular formula is C24H22N4O. The number of nitrogens with one attached hydrogen (secondary N) is 1. The van der Waals surface area contributed by atoms with Crippen molar-refractivity contribution in [3.8, 4) is 16.9 Å². The fourth-order valence-corrected chi connectivity index (χ4v) is 3.22. The molecule has 4 rings (SSSR count). The monoisotopic (exact) mass is 382 g/mol. The summed E-state index contributed by atoms with van der Waals surface area (Å²) in [5.74, 6) is -0.132. The SMILES string of the molecule is Cc1cccc(-c2nn(-c3ccccc3)cc2C(=O)NCCc2cccnc2)c1. The number of carbonyl (C=O) groups is 1. The molecule has 0 radical (unpaired) electrons. The zero-order chi connectivity index (χ0) is 20.1. The number of rotatable bonds is 6. The Morgan fingerprint density at radius 1 is 1.03 bits per heavy atom. The third-order valence-electron chi connectivity index (χ3n) is 4.69. The van der Waals surface area contributed by atoms with Gasteiger partial charge in [-0.3, -0.25) is 9.78 Å². The van der Waals surface area contributed by atoms with Crippen molar-refractivity contribution >= 4 is 5.91 Å². The van der Waals surface area contributed by atoms with Gasteiger partial charge in [0.2, 0.25) is 0 Å². The lowest BCUT2D eigenvalue weighted by Crippen LogP contribution is -2.25. The summed E-state index contributed by atoms with van der Waals surface area (Å²) in [4.78, 5) is 17.1. The van der Waals surface area contributed by atoms with Gasteiger partial charge in [-0.05, 0) is 43.2 Å². The van der Waals surface area contributed by atoms with Crippen LogP contribution in [-0.4, -0.2) is 27.2 Å². The van der Waals surface area contributed by atoms with E-state index in [2.05, 4.69) is 10.3 Å². The van der Waals surface area contributed by atoms with Gasteiger partial charge in [0, 0.05) is 30.7 Å². The zero-order valence-electron chi connectivity index (χ0n) is 16.2. The molecule has 2 aromatic carbocycles. The van der Waals surface area contributed by atoms with Crippen molar-refractivity contribution in [1.29, 1.82) is 0 Å². The van der Waals surface area contributed by atoms with E-state index in [1.54, 1.807) is 17.1 Å². The number of hydrogen-bond donors (Lipinski definition) is 1. The quantitative estimate of drug-likeness (QED) is 0.543. The number of aryl methyl sites for hydroxylation is 1. The number of nitrogens with zero attached hydrogens (tertiary/aromatic N) is 3. The predicted molar refractivity (Wildman–Crippen MR) is 114 cm³/mol. The minimum atomic E-state index is -0.132. The molecule has 0 unspecified atom stereocenters. The predicted octanol–water partition coefficient (Wildman–Crippen LogP) is 4.22. The van der Waals surface area contributed by atoms with Crippen LogP contribution in [0.4, 0.5) is 0 Å². The van der Waals surface area contributed by atoms with E-state index < -0.39 is 0 Å². The highest BCUT2D eigenvalue weighted by Crippen LogP contribution is 2.24. The van der Waals surface area contributed by atoms with Gasteiger partial charge in [0.25, 0.3) is 5.91 Å². The summed E-state index contributed by atoms with van der Waals surface area (Å²) < 4.78 is 1.76. The van der Waals surface area contributed by atoms with Crippen molar-refractivity contribution in [2.45, 2.75) is 13.3 Å². The Labute approximate surface area is 170 Å². The Morgan fingerprint density at radius 3 is 2.66 bits per heavy atom. The van der Waals surface area contributed by atoms with Crippen LogP contribution in [0.15, 0.2) is 85.3 Å². The first-order chi connectivity index (χ1) is 14.2. The number of para-hydroxylation sites is 1. The van der Waals surface area contributed by atoms with E-state index in [9.17, 15) is 4.79 Å². The molecule has 0 aliphatic rings. The van der Waals surface area contributed by atoms with Crippen LogP contribution in [0, 0.1) is 6.92 Å². The first-order valence-corrected chi connectivity index (χ1v) is 9.60. The summed E-state index contributed by atoms with van der Waals surface area (Å²) >= 11 is 0. The molecule has 144 valence electrons. The summed E-state index contributed by atoms with van der Waals surface area (Å²) in [5, 5.41) is 7.74. The van der Waals surface area contributed by atoms with Crippen LogP contribution >= 0.6 is 0 Å². The van der Waals surface area contributed by atoms with Crippen LogP contribution in [0.2, 0.25) is 0 Å². The maximum atomic E-state index is 13.0. The topological polar surface area (TPSA) is 59.8 Å². The second-order valence-corrected chi connectivity index (χ2v) is 6.91. The molecule has 0 bridgehead atoms. The van der Waals surface area contributed by atoms with Gasteiger partial charge < -0.3 is 5.32 Å². The fraction of sp³-hybridized carbons (Fsp3) is 0.125. The first kappa shape index (κ1) is 18.6. The van der Waals surface area contributed by atoms with Crippen LogP contribution in [0.5, 0.6) is 0 Å². The van der Waals surface area contributed by atoms with Crippen molar-refractivity contribution in [3.63, 3.8) is 0 Å². The van der Waals surface area contributed by atoms with Gasteiger partial charge in [0.1, 0.15) is 5.69 Å². The average Bonchev–Trinajstić information content (AvgIpc) is 3.21. The number of amides is 1. The van der Waals surface area contributed by atoms with Crippen molar-refractivity contribution in [3.05, 3.63) is 102 Å². The lowest BCUT2D eigenvalue weighted by Gasteiger charge is -2.06. The van der Waals surface area contributed by atoms with E-state index in [0.29, 0.717) is 17.8 Å². The number of pyridine rings is 1. The molecule has 0 atom stereocenters. The third-order valence-corrected chi connectivity index (χ3v) is 4.69. The van der Waals surface area contributed by atoms with Crippen LogP contribution in [0.25, 0.3) is 16.9 Å². The van der Waals surface area contributed by atoms with E-state index >= 15 is 0 Å². The van der Waals surface area contributed by atoms with Gasteiger partial charge in [0.05, 0.1) is 11.3 Å². The first-order valence-electron chi connectivity index (χ1n) is 9.60. The van der Waals surface area contributed by atoms with E-state index in [0.717, 1.165) is 28.8 Å². The largest absolute Gasteiger partial charge is 0.352 e. The van der Waals surface area contributed by atoms with Crippen molar-refractivity contribution in [2.75, 3.05) is 6.54 Å². The number of benzene rings is 2. The molecule has 1 amide bonds. The summed E-state index contributed by atoms with van der Waals surface area (Å²) in [6, 6.07) is 21.8. The lowest BCUT2D eigenvalue weighted by molar-refractivity contribution is 0.0954. The number of aromatic nitrogens is 3. The smallest absolute Gasteiger partial charge is 0.255 e. The Balaban J connectivity index is 1.61. The Hall–Kier alpha value is -3.73. The molecule has 0 spiro atoms. The fourth-order valence-electron chi connectivity index (χ4n) is 3.22. The summed E-state index contributed by atoms with van der Waals surface area (Å²) in [5.41, 5.74) is 5.29. The maximum absolute atomic E-state index is 13.0. The second-order valence-electron chi connectivity index (χ2n) is 6.91. The highest BCUT2D eigenvalue weighted by Gasteiger charge is 2.18. The molecule has 5 nitrogen and oxygen atoms in total. The zero-order valence-corrected chi connectivity index (χ0v) is 16.2. The minimum Gasteiger partial charge on any atom is -0.352 e. The van der Waals surface area contributed by atoms with Gasteiger partial charge in [-0.1, -0.05) is 48.0 Å². The Morgan fingerprint density at radius 2 is 1.90 bits per heavy atom. The summed E-state index contributed by atoms with van der Waals surface area (Å²) in [7, 11) is 0. The highest BCUT2D eigenvalue weighted by molar-refractivity contribution is 6.00. The normalized spacial score (nSPS) is 10.7. The average molecular weight is 382 g/mol.